The van der Waals surface area contributed by atoms with Gasteiger partial charge in [-0.3, -0.25) is 14.5 Å². The normalized spacial score (nSPS) is 16.1. The smallest absolute Gasteiger partial charge is 0.295 e. The van der Waals surface area contributed by atoms with Crippen LogP contribution in [-0.4, -0.2) is 22.7 Å². The first kappa shape index (κ1) is 16.5. The van der Waals surface area contributed by atoms with Crippen molar-refractivity contribution >= 4 is 46.3 Å². The number of imide groups is 1. The summed E-state index contributed by atoms with van der Waals surface area (Å²) >= 11 is 6.69. The van der Waals surface area contributed by atoms with Gasteiger partial charge in [-0.1, -0.05) is 29.8 Å². The average Bonchev–Trinajstić information content (AvgIpc) is 2.82. The first-order chi connectivity index (χ1) is 11.5. The number of hydrogen-bond donors (Lipinski definition) is 1. The van der Waals surface area contributed by atoms with Gasteiger partial charge in [0.1, 0.15) is 5.82 Å². The molecule has 122 valence electrons. The molecule has 1 N–H and O–H groups in total. The molecule has 0 aromatic heterocycles. The summed E-state index contributed by atoms with van der Waals surface area (Å²) in [6, 6.07) is 12.8. The molecular weight excluding hydrogens is 351 g/mol. The second-order valence-electron chi connectivity index (χ2n) is 5.01. The molecule has 3 rings (SSSR count). The first-order valence-electron chi connectivity index (χ1n) is 7.03. The minimum absolute atomic E-state index is 0.0217. The maximum atomic E-state index is 13.1. The lowest BCUT2D eigenvalue weighted by Gasteiger charge is -2.14. The van der Waals surface area contributed by atoms with Crippen molar-refractivity contribution in [1.29, 1.82) is 0 Å². The molecule has 0 bridgehead atoms. The molecule has 4 nitrogen and oxygen atoms in total. The van der Waals surface area contributed by atoms with Gasteiger partial charge < -0.3 is 5.32 Å². The van der Waals surface area contributed by atoms with Crippen LogP contribution in [0.4, 0.5) is 14.9 Å². The van der Waals surface area contributed by atoms with Crippen LogP contribution in [-0.2, 0) is 4.79 Å². The zero-order valence-corrected chi connectivity index (χ0v) is 13.9. The van der Waals surface area contributed by atoms with Crippen molar-refractivity contribution < 1.29 is 14.0 Å². The van der Waals surface area contributed by atoms with Gasteiger partial charge in [0.05, 0.1) is 11.6 Å². The highest BCUT2D eigenvalue weighted by Gasteiger charge is 2.34. The van der Waals surface area contributed by atoms with Crippen LogP contribution in [0.1, 0.15) is 5.56 Å². The van der Waals surface area contributed by atoms with Crippen LogP contribution < -0.4 is 5.32 Å². The Labute approximate surface area is 147 Å². The highest BCUT2D eigenvalue weighted by atomic mass is 35.5. The van der Waals surface area contributed by atoms with Gasteiger partial charge in [0.15, 0.2) is 0 Å². The molecule has 0 unspecified atom stereocenters. The first-order valence-corrected chi connectivity index (χ1v) is 8.23. The van der Waals surface area contributed by atoms with E-state index >= 15 is 0 Å². The van der Waals surface area contributed by atoms with E-state index < -0.39 is 5.82 Å². The van der Waals surface area contributed by atoms with Gasteiger partial charge in [-0.2, -0.15) is 0 Å². The molecule has 0 radical (unpaired) electrons. The lowest BCUT2D eigenvalue weighted by Crippen LogP contribution is -2.33. The van der Waals surface area contributed by atoms with E-state index in [9.17, 15) is 14.0 Å². The molecular formula is C17H12ClFN2O2S. The fourth-order valence-corrected chi connectivity index (χ4v) is 3.08. The predicted molar refractivity (Wildman–Crippen MR) is 94.2 cm³/mol. The van der Waals surface area contributed by atoms with Crippen LogP contribution in [0.15, 0.2) is 53.4 Å². The standard InChI is InChI=1S/C17H12ClFN2O2S/c18-12-6-4-11(5-7-12)8-15-16(22)21(17(23)24-15)10-20-14-3-1-2-13(19)9-14/h1-9,20H,10H2/b15-8+. The van der Waals surface area contributed by atoms with E-state index in [0.29, 0.717) is 15.6 Å². The number of amides is 2. The van der Waals surface area contributed by atoms with E-state index in [1.54, 1.807) is 42.5 Å². The molecule has 2 aromatic rings. The molecule has 1 aliphatic rings. The molecule has 1 fully saturated rings. The topological polar surface area (TPSA) is 49.4 Å². The van der Waals surface area contributed by atoms with Gasteiger partial charge in [-0.25, -0.2) is 4.39 Å². The molecule has 1 heterocycles. The monoisotopic (exact) mass is 362 g/mol. The fraction of sp³-hybridized carbons (Fsp3) is 0.0588. The summed E-state index contributed by atoms with van der Waals surface area (Å²) in [7, 11) is 0. The number of thioether (sulfide) groups is 1. The fourth-order valence-electron chi connectivity index (χ4n) is 2.12. The van der Waals surface area contributed by atoms with E-state index in [1.807, 2.05) is 0 Å². The number of carbonyl (C=O) groups is 2. The van der Waals surface area contributed by atoms with E-state index in [2.05, 4.69) is 5.32 Å². The Bertz CT molecular complexity index is 824. The average molecular weight is 363 g/mol. The van der Waals surface area contributed by atoms with Crippen molar-refractivity contribution in [2.24, 2.45) is 0 Å². The van der Waals surface area contributed by atoms with Gasteiger partial charge in [-0.15, -0.1) is 0 Å². The van der Waals surface area contributed by atoms with Crippen molar-refractivity contribution in [3.63, 3.8) is 0 Å². The second kappa shape index (κ2) is 7.07. The Morgan fingerprint density at radius 3 is 2.62 bits per heavy atom. The number of benzene rings is 2. The van der Waals surface area contributed by atoms with E-state index in [0.717, 1.165) is 22.2 Å². The maximum absolute atomic E-state index is 13.1. The highest BCUT2D eigenvalue weighted by Crippen LogP contribution is 2.32. The van der Waals surface area contributed by atoms with Gasteiger partial charge in [-0.05, 0) is 53.7 Å². The number of nitrogens with zero attached hydrogens (tertiary/aromatic N) is 1. The zero-order valence-electron chi connectivity index (χ0n) is 12.3. The minimum atomic E-state index is -0.392. The molecule has 2 amide bonds. The van der Waals surface area contributed by atoms with Crippen molar-refractivity contribution in [1.82, 2.24) is 4.90 Å². The Morgan fingerprint density at radius 1 is 1.17 bits per heavy atom. The van der Waals surface area contributed by atoms with Crippen LogP contribution in [0.25, 0.3) is 6.08 Å². The van der Waals surface area contributed by atoms with Crippen molar-refractivity contribution in [2.75, 3.05) is 12.0 Å². The SMILES string of the molecule is O=C1S/C(=C/c2ccc(Cl)cc2)C(=O)N1CNc1cccc(F)c1. The number of anilines is 1. The molecule has 0 saturated carbocycles. The number of halogens is 2. The molecule has 0 atom stereocenters. The Kier molecular flexibility index (Phi) is 4.87. The van der Waals surface area contributed by atoms with Crippen molar-refractivity contribution in [3.05, 3.63) is 69.8 Å². The Hall–Kier alpha value is -2.31. The van der Waals surface area contributed by atoms with Crippen LogP contribution in [0.3, 0.4) is 0 Å². The zero-order chi connectivity index (χ0) is 17.1. The summed E-state index contributed by atoms with van der Waals surface area (Å²) in [5.74, 6) is -0.777. The Morgan fingerprint density at radius 2 is 1.92 bits per heavy atom. The van der Waals surface area contributed by atoms with Crippen molar-refractivity contribution in [2.45, 2.75) is 0 Å². The Balaban J connectivity index is 1.71. The predicted octanol–water partition coefficient (Wildman–Crippen LogP) is 4.59. The van der Waals surface area contributed by atoms with Gasteiger partial charge in [0, 0.05) is 10.7 Å². The molecule has 0 aliphatic carbocycles. The third-order valence-corrected chi connectivity index (χ3v) is 4.47. The highest BCUT2D eigenvalue weighted by molar-refractivity contribution is 8.18. The summed E-state index contributed by atoms with van der Waals surface area (Å²) in [6.07, 6.45) is 1.64. The maximum Gasteiger partial charge on any atom is 0.295 e. The van der Waals surface area contributed by atoms with E-state index in [4.69, 9.17) is 11.6 Å². The summed E-state index contributed by atoms with van der Waals surface area (Å²) in [6.45, 7) is -0.0217. The number of rotatable bonds is 4. The van der Waals surface area contributed by atoms with E-state index in [-0.39, 0.29) is 17.8 Å². The van der Waals surface area contributed by atoms with Gasteiger partial charge in [0.2, 0.25) is 0 Å². The van der Waals surface area contributed by atoms with Crippen LogP contribution >= 0.6 is 23.4 Å². The number of carbonyl (C=O) groups excluding carboxylic acids is 2. The summed E-state index contributed by atoms with van der Waals surface area (Å²) in [4.78, 5) is 25.8. The van der Waals surface area contributed by atoms with Crippen LogP contribution in [0.5, 0.6) is 0 Å². The molecule has 1 aliphatic heterocycles. The quantitative estimate of drug-likeness (QED) is 0.808. The second-order valence-corrected chi connectivity index (χ2v) is 6.44. The van der Waals surface area contributed by atoms with E-state index in [1.165, 1.54) is 12.1 Å². The lowest BCUT2D eigenvalue weighted by atomic mass is 10.2. The third kappa shape index (κ3) is 3.77. The molecule has 24 heavy (non-hydrogen) atoms. The largest absolute Gasteiger partial charge is 0.367 e. The number of hydrogen-bond acceptors (Lipinski definition) is 4. The third-order valence-electron chi connectivity index (χ3n) is 3.31. The molecule has 1 saturated heterocycles. The molecule has 0 spiro atoms. The number of nitrogens with one attached hydrogen (secondary N) is 1. The van der Waals surface area contributed by atoms with Crippen molar-refractivity contribution in [3.8, 4) is 0 Å². The summed E-state index contributed by atoms with van der Waals surface area (Å²) in [5, 5.41) is 3.09. The van der Waals surface area contributed by atoms with Crippen LogP contribution in [0, 0.1) is 5.82 Å². The summed E-state index contributed by atoms with van der Waals surface area (Å²) < 4.78 is 13.1. The van der Waals surface area contributed by atoms with Crippen LogP contribution in [0.2, 0.25) is 5.02 Å². The summed E-state index contributed by atoms with van der Waals surface area (Å²) in [5.41, 5.74) is 1.28. The van der Waals surface area contributed by atoms with Gasteiger partial charge >= 0.3 is 0 Å². The van der Waals surface area contributed by atoms with Gasteiger partial charge in [0.25, 0.3) is 11.1 Å². The lowest BCUT2D eigenvalue weighted by molar-refractivity contribution is -0.122. The molecule has 7 heteroatoms. The molecule has 2 aromatic carbocycles. The minimum Gasteiger partial charge on any atom is -0.367 e.